The lowest BCUT2D eigenvalue weighted by molar-refractivity contribution is 0.0220. The van der Waals surface area contributed by atoms with Gasteiger partial charge in [0.1, 0.15) is 23.8 Å². The molecule has 1 aliphatic heterocycles. The number of aromatic nitrogens is 1. The van der Waals surface area contributed by atoms with Crippen LogP contribution in [0.4, 0.5) is 13.6 Å². The van der Waals surface area contributed by atoms with E-state index in [0.717, 1.165) is 21.3 Å². The number of benzene rings is 1. The first kappa shape index (κ1) is 22.0. The number of pyridine rings is 1. The van der Waals surface area contributed by atoms with E-state index >= 15 is 0 Å². The molecule has 9 heteroatoms. The van der Waals surface area contributed by atoms with Crippen molar-refractivity contribution in [3.8, 4) is 5.88 Å². The molecule has 0 bridgehead atoms. The van der Waals surface area contributed by atoms with Crippen molar-refractivity contribution >= 4 is 40.3 Å². The lowest BCUT2D eigenvalue weighted by atomic mass is 10.1. The minimum absolute atomic E-state index is 0.0209. The Morgan fingerprint density at radius 2 is 1.93 bits per heavy atom. The molecule has 0 spiro atoms. The highest BCUT2D eigenvalue weighted by atomic mass is 127. The van der Waals surface area contributed by atoms with Gasteiger partial charge >= 0.3 is 6.09 Å². The van der Waals surface area contributed by atoms with Gasteiger partial charge in [-0.05, 0) is 73.5 Å². The topological polar surface area (TPSA) is 51.7 Å². The molecule has 0 fully saturated rings. The second kappa shape index (κ2) is 8.59. The molecule has 1 aromatic carbocycles. The Kier molecular flexibility index (Phi) is 6.52. The Labute approximate surface area is 186 Å². The van der Waals surface area contributed by atoms with Crippen LogP contribution in [0, 0.1) is 15.2 Å². The number of carbonyl (C=O) groups is 1. The number of rotatable bonds is 3. The van der Waals surface area contributed by atoms with Crippen molar-refractivity contribution in [3.05, 3.63) is 55.2 Å². The van der Waals surface area contributed by atoms with E-state index in [-0.39, 0.29) is 29.6 Å². The van der Waals surface area contributed by atoms with Gasteiger partial charge in [0.2, 0.25) is 5.88 Å². The molecule has 1 amide bonds. The van der Waals surface area contributed by atoms with Gasteiger partial charge in [-0.25, -0.2) is 18.6 Å². The zero-order valence-corrected chi connectivity index (χ0v) is 19.1. The summed E-state index contributed by atoms with van der Waals surface area (Å²) in [5.41, 5.74) is 0.873. The summed E-state index contributed by atoms with van der Waals surface area (Å²) in [6.45, 7) is 5.91. The van der Waals surface area contributed by atoms with Crippen LogP contribution in [0.15, 0.2) is 18.2 Å². The Hall–Kier alpha value is -1.68. The SMILES string of the molecule is CC(C)(C)OC(=O)N1CCc2cc(I)c(OCc3c(F)cc(Cl)cc3F)nc2C1. The van der Waals surface area contributed by atoms with Gasteiger partial charge < -0.3 is 14.4 Å². The Morgan fingerprint density at radius 1 is 1.28 bits per heavy atom. The van der Waals surface area contributed by atoms with E-state index < -0.39 is 23.3 Å². The van der Waals surface area contributed by atoms with Crippen molar-refractivity contribution in [3.63, 3.8) is 0 Å². The Morgan fingerprint density at radius 3 is 2.55 bits per heavy atom. The Bertz CT molecular complexity index is 927. The molecule has 0 saturated carbocycles. The third-order valence-corrected chi connectivity index (χ3v) is 5.21. The van der Waals surface area contributed by atoms with Gasteiger partial charge in [-0.2, -0.15) is 0 Å². The molecular formula is C20H20ClF2IN2O3. The van der Waals surface area contributed by atoms with Crippen molar-refractivity contribution in [2.75, 3.05) is 6.54 Å². The number of carbonyl (C=O) groups excluding carboxylic acids is 1. The second-order valence-corrected chi connectivity index (χ2v) is 9.27. The fraction of sp³-hybridized carbons (Fsp3) is 0.400. The van der Waals surface area contributed by atoms with E-state index in [1.807, 2.05) is 26.8 Å². The van der Waals surface area contributed by atoms with Crippen LogP contribution in [-0.4, -0.2) is 28.1 Å². The molecule has 0 saturated heterocycles. The maximum atomic E-state index is 14.0. The number of hydrogen-bond donors (Lipinski definition) is 0. The van der Waals surface area contributed by atoms with Crippen LogP contribution in [0.2, 0.25) is 5.02 Å². The maximum Gasteiger partial charge on any atom is 0.410 e. The number of ether oxygens (including phenoxy) is 2. The Balaban J connectivity index is 1.76. The van der Waals surface area contributed by atoms with Gasteiger partial charge in [0.25, 0.3) is 0 Å². The molecule has 0 atom stereocenters. The van der Waals surface area contributed by atoms with Crippen molar-refractivity contribution in [1.29, 1.82) is 0 Å². The third-order valence-electron chi connectivity index (χ3n) is 4.21. The van der Waals surface area contributed by atoms with E-state index in [2.05, 4.69) is 27.6 Å². The summed E-state index contributed by atoms with van der Waals surface area (Å²) < 4.78 is 39.7. The third kappa shape index (κ3) is 5.48. The van der Waals surface area contributed by atoms with Gasteiger partial charge in [-0.15, -0.1) is 0 Å². The van der Waals surface area contributed by atoms with Crippen molar-refractivity contribution in [2.24, 2.45) is 0 Å². The fourth-order valence-electron chi connectivity index (χ4n) is 2.85. The van der Waals surface area contributed by atoms with Crippen molar-refractivity contribution < 1.29 is 23.0 Å². The predicted molar refractivity (Wildman–Crippen MR) is 113 cm³/mol. The molecular weight excluding hydrogens is 517 g/mol. The van der Waals surface area contributed by atoms with E-state index in [1.165, 1.54) is 0 Å². The molecule has 3 rings (SSSR count). The highest BCUT2D eigenvalue weighted by Gasteiger charge is 2.27. The van der Waals surface area contributed by atoms with E-state index in [4.69, 9.17) is 21.1 Å². The molecule has 156 valence electrons. The van der Waals surface area contributed by atoms with Crippen LogP contribution in [0.5, 0.6) is 5.88 Å². The lowest BCUT2D eigenvalue weighted by Gasteiger charge is -2.31. The van der Waals surface area contributed by atoms with Gasteiger partial charge in [0.15, 0.2) is 0 Å². The van der Waals surface area contributed by atoms with Crippen LogP contribution in [0.1, 0.15) is 37.6 Å². The second-order valence-electron chi connectivity index (χ2n) is 7.67. The van der Waals surface area contributed by atoms with Gasteiger partial charge in [0, 0.05) is 11.6 Å². The summed E-state index contributed by atoms with van der Waals surface area (Å²) in [5.74, 6) is -1.30. The van der Waals surface area contributed by atoms with Crippen molar-refractivity contribution in [2.45, 2.75) is 45.9 Å². The predicted octanol–water partition coefficient (Wildman–Crippen LogP) is 5.49. The van der Waals surface area contributed by atoms with Crippen LogP contribution in [0.25, 0.3) is 0 Å². The summed E-state index contributed by atoms with van der Waals surface area (Å²) in [6, 6.07) is 3.99. The minimum atomic E-state index is -0.779. The normalized spacial score (nSPS) is 13.8. The number of halogens is 4. The highest BCUT2D eigenvalue weighted by molar-refractivity contribution is 14.1. The van der Waals surface area contributed by atoms with E-state index in [9.17, 15) is 13.6 Å². The lowest BCUT2D eigenvalue weighted by Crippen LogP contribution is -2.40. The van der Waals surface area contributed by atoms with Gasteiger partial charge in [-0.3, -0.25) is 0 Å². The summed E-state index contributed by atoms with van der Waals surface area (Å²) in [6.07, 6.45) is 0.231. The number of fused-ring (bicyclic) bond motifs is 1. The summed E-state index contributed by atoms with van der Waals surface area (Å²) >= 11 is 7.71. The summed E-state index contributed by atoms with van der Waals surface area (Å²) in [4.78, 5) is 18.4. The van der Waals surface area contributed by atoms with Crippen LogP contribution in [0.3, 0.4) is 0 Å². The first-order valence-electron chi connectivity index (χ1n) is 8.96. The van der Waals surface area contributed by atoms with E-state index in [0.29, 0.717) is 18.7 Å². The zero-order valence-electron chi connectivity index (χ0n) is 16.2. The summed E-state index contributed by atoms with van der Waals surface area (Å²) in [5, 5.41) is -0.0209. The molecule has 29 heavy (non-hydrogen) atoms. The molecule has 0 radical (unpaired) electrons. The molecule has 2 heterocycles. The summed E-state index contributed by atoms with van der Waals surface area (Å²) in [7, 11) is 0. The standard InChI is InChI=1S/C20H20ClF2IN2O3/c1-20(2,3)29-19(27)26-5-4-11-6-16(24)18(25-17(11)9-26)28-10-13-14(22)7-12(21)8-15(13)23/h6-8H,4-5,9-10H2,1-3H3. The smallest absolute Gasteiger partial charge is 0.410 e. The van der Waals surface area contributed by atoms with Crippen molar-refractivity contribution in [1.82, 2.24) is 9.88 Å². The molecule has 0 aliphatic carbocycles. The monoisotopic (exact) mass is 536 g/mol. The average molecular weight is 537 g/mol. The first-order chi connectivity index (χ1) is 13.5. The highest BCUT2D eigenvalue weighted by Crippen LogP contribution is 2.28. The fourth-order valence-corrected chi connectivity index (χ4v) is 3.69. The largest absolute Gasteiger partial charge is 0.472 e. The zero-order chi connectivity index (χ0) is 21.3. The quantitative estimate of drug-likeness (QED) is 0.487. The first-order valence-corrected chi connectivity index (χ1v) is 10.4. The van der Waals surface area contributed by atoms with Crippen LogP contribution >= 0.6 is 34.2 Å². The molecule has 0 N–H and O–H groups in total. The van der Waals surface area contributed by atoms with Gasteiger partial charge in [-0.1, -0.05) is 11.6 Å². The molecule has 5 nitrogen and oxygen atoms in total. The molecule has 2 aromatic rings. The number of hydrogen-bond acceptors (Lipinski definition) is 4. The molecule has 1 aliphatic rings. The molecule has 1 aromatic heterocycles. The van der Waals surface area contributed by atoms with Crippen LogP contribution < -0.4 is 4.74 Å². The van der Waals surface area contributed by atoms with Gasteiger partial charge in [0.05, 0.1) is 21.4 Å². The van der Waals surface area contributed by atoms with E-state index in [1.54, 1.807) is 4.90 Å². The number of nitrogens with zero attached hydrogens (tertiary/aromatic N) is 2. The average Bonchev–Trinajstić information content (AvgIpc) is 2.59. The number of amides is 1. The molecule has 0 unspecified atom stereocenters. The minimum Gasteiger partial charge on any atom is -0.472 e. The maximum absolute atomic E-state index is 14.0. The van der Waals surface area contributed by atoms with Crippen LogP contribution in [-0.2, 0) is 24.3 Å².